The standard InChI is InChI=1S/C16H17FIN4O3P.CH4O/c1-25-15-6-11(12(17)8-19-15)14-7-13(20-22(14)26-18)16(24)21-4-2-10(9-23)3-5-21;1-2/h6-10,26H,2-5H2,1H3;2H,1H3. The van der Waals surface area contributed by atoms with Crippen molar-refractivity contribution in [1.29, 1.82) is 0 Å². The average Bonchev–Trinajstić information content (AvgIpc) is 3.19. The molecule has 0 aromatic carbocycles. The Morgan fingerprint density at radius 1 is 1.39 bits per heavy atom. The van der Waals surface area contributed by atoms with Crippen LogP contribution >= 0.6 is 28.4 Å². The van der Waals surface area contributed by atoms with Gasteiger partial charge < -0.3 is 19.5 Å². The Bertz CT molecular complexity index is 827. The van der Waals surface area contributed by atoms with Gasteiger partial charge in [0.05, 0.1) is 25.4 Å². The van der Waals surface area contributed by atoms with Crippen LogP contribution in [0.2, 0.25) is 0 Å². The van der Waals surface area contributed by atoms with Crippen molar-refractivity contribution in [3.8, 4) is 17.1 Å². The first-order chi connectivity index (χ1) is 13.6. The van der Waals surface area contributed by atoms with Gasteiger partial charge >= 0.3 is 0 Å². The summed E-state index contributed by atoms with van der Waals surface area (Å²) in [7, 11) is 2.46. The number of hydrogen-bond acceptors (Lipinski definition) is 6. The number of ether oxygens (including phenoxy) is 1. The molecule has 1 saturated heterocycles. The number of amides is 1. The summed E-state index contributed by atoms with van der Waals surface area (Å²) in [5.74, 6) is -0.408. The van der Waals surface area contributed by atoms with Crippen LogP contribution in [0.25, 0.3) is 11.3 Å². The second kappa shape index (κ2) is 10.8. The Kier molecular flexibility index (Phi) is 8.71. The molecule has 2 aromatic rings. The molecule has 1 N–H and O–H groups in total. The lowest BCUT2D eigenvalue weighted by atomic mass is 9.98. The lowest BCUT2D eigenvalue weighted by molar-refractivity contribution is -0.112. The summed E-state index contributed by atoms with van der Waals surface area (Å²) < 4.78 is 20.9. The lowest BCUT2D eigenvalue weighted by Crippen LogP contribution is -2.39. The number of aliphatic hydroxyl groups is 1. The van der Waals surface area contributed by atoms with Crippen LogP contribution in [0, 0.1) is 11.7 Å². The fraction of sp³-hybridized carbons (Fsp3) is 0.412. The van der Waals surface area contributed by atoms with Crippen LogP contribution in [0.3, 0.4) is 0 Å². The molecule has 0 aliphatic carbocycles. The zero-order chi connectivity index (χ0) is 20.7. The van der Waals surface area contributed by atoms with Crippen molar-refractivity contribution in [3.05, 3.63) is 29.8 Å². The largest absolute Gasteiger partial charge is 0.481 e. The second-order valence-corrected chi connectivity index (χ2v) is 7.92. The van der Waals surface area contributed by atoms with Gasteiger partial charge in [0.25, 0.3) is 5.91 Å². The number of pyridine rings is 1. The third-order valence-corrected chi connectivity index (χ3v) is 6.22. The van der Waals surface area contributed by atoms with Gasteiger partial charge in [-0.15, -0.1) is 0 Å². The Hall–Kier alpha value is -1.65. The van der Waals surface area contributed by atoms with E-state index in [1.807, 2.05) is 0 Å². The zero-order valence-electron chi connectivity index (χ0n) is 15.4. The van der Waals surface area contributed by atoms with Crippen LogP contribution in [0.1, 0.15) is 23.3 Å². The fourth-order valence-corrected chi connectivity index (χ4v) is 4.39. The molecule has 1 aliphatic rings. The molecular formula is C17H21FIN4O4P. The topological polar surface area (TPSA) is 97.5 Å². The van der Waals surface area contributed by atoms with Crippen molar-refractivity contribution in [2.45, 2.75) is 12.8 Å². The number of aliphatic hydroxyl groups excluding tert-OH is 1. The van der Waals surface area contributed by atoms with Crippen molar-refractivity contribution in [3.63, 3.8) is 0 Å². The number of likely N-dealkylation sites (tertiary alicyclic amines) is 1. The zero-order valence-corrected chi connectivity index (χ0v) is 18.6. The number of halogens is 2. The van der Waals surface area contributed by atoms with E-state index in [0.717, 1.165) is 19.6 Å². The first-order valence-corrected chi connectivity index (χ1v) is 12.5. The molecule has 0 bridgehead atoms. The highest BCUT2D eigenvalue weighted by Crippen LogP contribution is 2.34. The van der Waals surface area contributed by atoms with E-state index in [4.69, 9.17) is 9.84 Å². The van der Waals surface area contributed by atoms with Crippen LogP contribution in [0.4, 0.5) is 4.39 Å². The summed E-state index contributed by atoms with van der Waals surface area (Å²) in [6, 6.07) is 3.08. The van der Waals surface area contributed by atoms with Gasteiger partial charge in [-0.25, -0.2) is 13.8 Å². The van der Waals surface area contributed by atoms with Gasteiger partial charge in [-0.3, -0.25) is 4.79 Å². The number of nitrogens with zero attached hydrogens (tertiary/aromatic N) is 4. The Labute approximate surface area is 176 Å². The number of aromatic nitrogens is 3. The van der Waals surface area contributed by atoms with Gasteiger partial charge in [0.2, 0.25) is 5.88 Å². The molecule has 28 heavy (non-hydrogen) atoms. The van der Waals surface area contributed by atoms with Crippen molar-refractivity contribution in [1.82, 2.24) is 19.4 Å². The van der Waals surface area contributed by atoms with Crippen molar-refractivity contribution in [2.24, 2.45) is 5.92 Å². The second-order valence-electron chi connectivity index (χ2n) is 5.88. The van der Waals surface area contributed by atoms with E-state index < -0.39 is 5.82 Å². The minimum absolute atomic E-state index is 0.0152. The predicted molar refractivity (Wildman–Crippen MR) is 113 cm³/mol. The van der Waals surface area contributed by atoms with Gasteiger partial charge in [-0.05, 0) is 40.9 Å². The molecule has 1 atom stereocenters. The minimum atomic E-state index is -0.507. The van der Waals surface area contributed by atoms with Gasteiger partial charge in [0.15, 0.2) is 11.5 Å². The Morgan fingerprint density at radius 2 is 2.07 bits per heavy atom. The van der Waals surface area contributed by atoms with Crippen LogP contribution < -0.4 is 4.74 Å². The molecule has 3 heterocycles. The molecule has 0 saturated carbocycles. The van der Waals surface area contributed by atoms with E-state index in [2.05, 4.69) is 32.1 Å². The quantitative estimate of drug-likeness (QED) is 0.369. The molecule has 1 amide bonds. The highest BCUT2D eigenvalue weighted by atomic mass is 127. The molecule has 1 fully saturated rings. The summed E-state index contributed by atoms with van der Waals surface area (Å²) >= 11 is 2.13. The minimum Gasteiger partial charge on any atom is -0.481 e. The first-order valence-electron chi connectivity index (χ1n) is 8.43. The normalized spacial score (nSPS) is 14.7. The lowest BCUT2D eigenvalue weighted by Gasteiger charge is -2.28. The maximum atomic E-state index is 14.3. The highest BCUT2D eigenvalue weighted by molar-refractivity contribution is 14.2. The van der Waals surface area contributed by atoms with E-state index in [1.54, 1.807) is 15.4 Å². The monoisotopic (exact) mass is 522 g/mol. The number of carbonyl (C=O) groups excluding carboxylic acids is 2. The first kappa shape index (κ1) is 22.6. The van der Waals surface area contributed by atoms with Crippen molar-refractivity contribution >= 4 is 40.6 Å². The van der Waals surface area contributed by atoms with Crippen molar-refractivity contribution in [2.75, 3.05) is 27.3 Å². The summed E-state index contributed by atoms with van der Waals surface area (Å²) in [5.41, 5.74) is 1.05. The Balaban J connectivity index is 0.00000136. The van der Waals surface area contributed by atoms with Crippen molar-refractivity contribution < 1.29 is 23.8 Å². The van der Waals surface area contributed by atoms with E-state index in [9.17, 15) is 14.0 Å². The van der Waals surface area contributed by atoms with E-state index in [1.165, 1.54) is 13.2 Å². The van der Waals surface area contributed by atoms with Crippen LogP contribution in [-0.2, 0) is 4.79 Å². The molecule has 0 radical (unpaired) electrons. The fourth-order valence-electron chi connectivity index (χ4n) is 2.87. The molecule has 3 rings (SSSR count). The van der Waals surface area contributed by atoms with Crippen LogP contribution in [0.15, 0.2) is 18.3 Å². The number of hydrogen-bond donors (Lipinski definition) is 1. The van der Waals surface area contributed by atoms with Crippen LogP contribution in [-0.4, -0.2) is 64.0 Å². The highest BCUT2D eigenvalue weighted by Gasteiger charge is 2.26. The molecule has 8 nitrogen and oxygen atoms in total. The molecule has 2 aromatic heterocycles. The maximum Gasteiger partial charge on any atom is 0.274 e. The van der Waals surface area contributed by atoms with E-state index >= 15 is 0 Å². The third-order valence-electron chi connectivity index (χ3n) is 4.34. The summed E-state index contributed by atoms with van der Waals surface area (Å²) in [5, 5.41) is 11.3. The van der Waals surface area contributed by atoms with E-state index in [0.29, 0.717) is 31.6 Å². The van der Waals surface area contributed by atoms with Crippen LogP contribution in [0.5, 0.6) is 5.88 Å². The number of aldehydes is 1. The smallest absolute Gasteiger partial charge is 0.274 e. The summed E-state index contributed by atoms with van der Waals surface area (Å²) in [6.45, 7) is 1.04. The van der Waals surface area contributed by atoms with E-state index in [-0.39, 0.29) is 35.3 Å². The molecule has 152 valence electrons. The molecule has 1 aliphatic heterocycles. The average molecular weight is 522 g/mol. The number of methoxy groups -OCH3 is 1. The molecule has 0 spiro atoms. The predicted octanol–water partition coefficient (Wildman–Crippen LogP) is 2.54. The van der Waals surface area contributed by atoms with Gasteiger partial charge in [0.1, 0.15) is 6.29 Å². The molecular weight excluding hydrogens is 501 g/mol. The molecule has 11 heteroatoms. The summed E-state index contributed by atoms with van der Waals surface area (Å²) in [4.78, 5) is 29.1. The number of carbonyl (C=O) groups is 2. The van der Waals surface area contributed by atoms with Gasteiger partial charge in [-0.2, -0.15) is 5.10 Å². The molecule has 1 unspecified atom stereocenters. The number of piperidine rings is 1. The Morgan fingerprint density at radius 3 is 2.64 bits per heavy atom. The third kappa shape index (κ3) is 5.03. The maximum absolute atomic E-state index is 14.3. The van der Waals surface area contributed by atoms with Gasteiger partial charge in [0, 0.05) is 37.7 Å². The SMILES string of the molecule is CO.COc1cc(-c2cc(C(=O)N3CCC(C=O)CC3)nn2PI)c(F)cn1. The summed E-state index contributed by atoms with van der Waals surface area (Å²) in [6.07, 6.45) is 3.56. The number of rotatable bonds is 5. The van der Waals surface area contributed by atoms with Gasteiger partial charge in [-0.1, -0.05) is 0 Å².